The first-order valence-electron chi connectivity index (χ1n) is 8.47. The highest BCUT2D eigenvalue weighted by Crippen LogP contribution is 2.32. The first-order valence-corrected chi connectivity index (χ1v) is 8.47. The monoisotopic (exact) mass is 317 g/mol. The van der Waals surface area contributed by atoms with Gasteiger partial charge in [-0.1, -0.05) is 19.4 Å². The van der Waals surface area contributed by atoms with Gasteiger partial charge in [0.25, 0.3) is 0 Å². The van der Waals surface area contributed by atoms with E-state index in [1.165, 1.54) is 0 Å². The van der Waals surface area contributed by atoms with E-state index in [0.717, 1.165) is 42.6 Å². The molecule has 5 nitrogen and oxygen atoms in total. The summed E-state index contributed by atoms with van der Waals surface area (Å²) >= 11 is 0. The standard InChI is InChI=1S/C18H27N3O2/c1-3-6-17(22)20-15-9-5-10-16(12(15)2)21-18(23)14-8-4-7-13(14)11-19/h5,9-10,13-14H,3-4,6-8,11,19H2,1-2H3,(H,20,22)(H,21,23)/t13-,14-/m1/s1. The van der Waals surface area contributed by atoms with Crippen LogP contribution in [0.3, 0.4) is 0 Å². The van der Waals surface area contributed by atoms with Crippen LogP contribution in [0.2, 0.25) is 0 Å². The molecule has 0 aromatic heterocycles. The van der Waals surface area contributed by atoms with Crippen LogP contribution in [0.5, 0.6) is 0 Å². The molecule has 5 heteroatoms. The molecule has 0 radical (unpaired) electrons. The summed E-state index contributed by atoms with van der Waals surface area (Å²) in [7, 11) is 0. The van der Waals surface area contributed by atoms with Gasteiger partial charge in [-0.3, -0.25) is 9.59 Å². The highest BCUT2D eigenvalue weighted by molar-refractivity contribution is 5.96. The molecule has 0 spiro atoms. The Kier molecular flexibility index (Phi) is 6.16. The normalized spacial score (nSPS) is 20.3. The molecule has 1 aliphatic rings. The quantitative estimate of drug-likeness (QED) is 0.754. The maximum Gasteiger partial charge on any atom is 0.227 e. The Morgan fingerprint density at radius 2 is 1.91 bits per heavy atom. The van der Waals surface area contributed by atoms with E-state index in [2.05, 4.69) is 10.6 Å². The Hall–Kier alpha value is -1.88. The minimum Gasteiger partial charge on any atom is -0.330 e. The number of carbonyl (C=O) groups is 2. The van der Waals surface area contributed by atoms with Crippen molar-refractivity contribution in [3.63, 3.8) is 0 Å². The average Bonchev–Trinajstić information content (AvgIpc) is 3.00. The highest BCUT2D eigenvalue weighted by atomic mass is 16.2. The average molecular weight is 317 g/mol. The van der Waals surface area contributed by atoms with Crippen LogP contribution in [0.25, 0.3) is 0 Å². The van der Waals surface area contributed by atoms with E-state index >= 15 is 0 Å². The largest absolute Gasteiger partial charge is 0.330 e. The molecule has 2 amide bonds. The molecule has 0 aliphatic heterocycles. The smallest absolute Gasteiger partial charge is 0.227 e. The highest BCUT2D eigenvalue weighted by Gasteiger charge is 2.32. The molecule has 2 atom stereocenters. The Morgan fingerprint density at radius 1 is 1.22 bits per heavy atom. The fourth-order valence-corrected chi connectivity index (χ4v) is 3.24. The molecular formula is C18H27N3O2. The maximum absolute atomic E-state index is 12.5. The third-order valence-corrected chi connectivity index (χ3v) is 4.64. The molecule has 1 saturated carbocycles. The second-order valence-electron chi connectivity index (χ2n) is 6.30. The predicted molar refractivity (Wildman–Crippen MR) is 93.2 cm³/mol. The van der Waals surface area contributed by atoms with Gasteiger partial charge in [0.05, 0.1) is 0 Å². The Balaban J connectivity index is 2.08. The van der Waals surface area contributed by atoms with E-state index in [0.29, 0.717) is 13.0 Å². The van der Waals surface area contributed by atoms with Crippen LogP contribution in [0.4, 0.5) is 11.4 Å². The summed E-state index contributed by atoms with van der Waals surface area (Å²) in [4.78, 5) is 24.3. The number of carbonyl (C=O) groups excluding carboxylic acids is 2. The third kappa shape index (κ3) is 4.32. The van der Waals surface area contributed by atoms with Crippen LogP contribution in [-0.2, 0) is 9.59 Å². The first-order chi connectivity index (χ1) is 11.1. The molecule has 1 aromatic carbocycles. The van der Waals surface area contributed by atoms with Crippen LogP contribution in [-0.4, -0.2) is 18.4 Å². The summed E-state index contributed by atoms with van der Waals surface area (Å²) in [5, 5.41) is 5.92. The van der Waals surface area contributed by atoms with E-state index in [9.17, 15) is 9.59 Å². The number of nitrogens with two attached hydrogens (primary N) is 1. The molecule has 1 fully saturated rings. The van der Waals surface area contributed by atoms with Gasteiger partial charge in [0.2, 0.25) is 11.8 Å². The van der Waals surface area contributed by atoms with Gasteiger partial charge in [0, 0.05) is 23.7 Å². The lowest BCUT2D eigenvalue weighted by atomic mass is 9.95. The topological polar surface area (TPSA) is 84.2 Å². The summed E-state index contributed by atoms with van der Waals surface area (Å²) in [5.41, 5.74) is 8.16. The van der Waals surface area contributed by atoms with Crippen molar-refractivity contribution < 1.29 is 9.59 Å². The lowest BCUT2D eigenvalue weighted by molar-refractivity contribution is -0.120. The molecule has 126 valence electrons. The molecule has 23 heavy (non-hydrogen) atoms. The summed E-state index contributed by atoms with van der Waals surface area (Å²) in [6.07, 6.45) is 4.30. The summed E-state index contributed by atoms with van der Waals surface area (Å²) in [5.74, 6) is 0.316. The zero-order chi connectivity index (χ0) is 16.8. The van der Waals surface area contributed by atoms with E-state index in [4.69, 9.17) is 5.73 Å². The second kappa shape index (κ2) is 8.11. The van der Waals surface area contributed by atoms with E-state index in [1.807, 2.05) is 32.0 Å². The van der Waals surface area contributed by atoms with Crippen LogP contribution >= 0.6 is 0 Å². The second-order valence-corrected chi connectivity index (χ2v) is 6.30. The number of anilines is 2. The van der Waals surface area contributed by atoms with E-state index in [-0.39, 0.29) is 23.7 Å². The van der Waals surface area contributed by atoms with Gasteiger partial charge in [-0.25, -0.2) is 0 Å². The van der Waals surface area contributed by atoms with Crippen LogP contribution < -0.4 is 16.4 Å². The molecule has 2 rings (SSSR count). The number of rotatable bonds is 6. The molecule has 0 saturated heterocycles. The van der Waals surface area contributed by atoms with Crippen molar-refractivity contribution in [3.05, 3.63) is 23.8 Å². The minimum absolute atomic E-state index is 0.00179. The lowest BCUT2D eigenvalue weighted by Crippen LogP contribution is -2.30. The third-order valence-electron chi connectivity index (χ3n) is 4.64. The van der Waals surface area contributed by atoms with Crippen molar-refractivity contribution in [2.75, 3.05) is 17.2 Å². The summed E-state index contributed by atoms with van der Waals surface area (Å²) < 4.78 is 0. The van der Waals surface area contributed by atoms with Gasteiger partial charge in [-0.05, 0) is 56.3 Å². The molecular weight excluding hydrogens is 290 g/mol. The molecule has 0 heterocycles. The summed E-state index contributed by atoms with van der Waals surface area (Å²) in [6, 6.07) is 5.57. The number of hydrogen-bond acceptors (Lipinski definition) is 3. The van der Waals surface area contributed by atoms with Gasteiger partial charge in [-0.2, -0.15) is 0 Å². The van der Waals surface area contributed by atoms with Gasteiger partial charge in [-0.15, -0.1) is 0 Å². The number of benzene rings is 1. The Bertz CT molecular complexity index is 571. The molecule has 1 aliphatic carbocycles. The SMILES string of the molecule is CCCC(=O)Nc1cccc(NC(=O)[C@@H]2CCC[C@@H]2CN)c1C. The van der Waals surface area contributed by atoms with Crippen molar-refractivity contribution in [1.82, 2.24) is 0 Å². The number of amides is 2. The van der Waals surface area contributed by atoms with Crippen molar-refractivity contribution in [2.45, 2.75) is 46.0 Å². The van der Waals surface area contributed by atoms with E-state index in [1.54, 1.807) is 0 Å². The van der Waals surface area contributed by atoms with E-state index < -0.39 is 0 Å². The molecule has 0 unspecified atom stereocenters. The number of nitrogens with one attached hydrogen (secondary N) is 2. The number of hydrogen-bond donors (Lipinski definition) is 3. The zero-order valence-electron chi connectivity index (χ0n) is 14.0. The van der Waals surface area contributed by atoms with Gasteiger partial charge < -0.3 is 16.4 Å². The lowest BCUT2D eigenvalue weighted by Gasteiger charge is -2.19. The van der Waals surface area contributed by atoms with Crippen molar-refractivity contribution in [2.24, 2.45) is 17.6 Å². The van der Waals surface area contributed by atoms with Gasteiger partial charge in [0.1, 0.15) is 0 Å². The predicted octanol–water partition coefficient (Wildman–Crippen LogP) is 3.05. The van der Waals surface area contributed by atoms with Gasteiger partial charge in [0.15, 0.2) is 0 Å². The van der Waals surface area contributed by atoms with Crippen LogP contribution in [0, 0.1) is 18.8 Å². The van der Waals surface area contributed by atoms with Crippen molar-refractivity contribution in [1.29, 1.82) is 0 Å². The zero-order valence-corrected chi connectivity index (χ0v) is 14.0. The minimum atomic E-state index is -0.00209. The molecule has 0 bridgehead atoms. The fraction of sp³-hybridized carbons (Fsp3) is 0.556. The fourth-order valence-electron chi connectivity index (χ4n) is 3.24. The molecule has 4 N–H and O–H groups in total. The summed E-state index contributed by atoms with van der Waals surface area (Å²) in [6.45, 7) is 4.44. The van der Waals surface area contributed by atoms with Gasteiger partial charge >= 0.3 is 0 Å². The Morgan fingerprint density at radius 3 is 2.57 bits per heavy atom. The first kappa shape index (κ1) is 17.5. The maximum atomic E-state index is 12.5. The van der Waals surface area contributed by atoms with Crippen molar-refractivity contribution >= 4 is 23.2 Å². The molecule has 1 aromatic rings. The Labute approximate surface area is 138 Å². The van der Waals surface area contributed by atoms with Crippen LogP contribution in [0.15, 0.2) is 18.2 Å². The van der Waals surface area contributed by atoms with Crippen molar-refractivity contribution in [3.8, 4) is 0 Å². The van der Waals surface area contributed by atoms with Crippen LogP contribution in [0.1, 0.15) is 44.6 Å².